The second-order valence-electron chi connectivity index (χ2n) is 7.04. The average Bonchev–Trinajstić information content (AvgIpc) is 3.18. The Hall–Kier alpha value is -3.17. The first kappa shape index (κ1) is 15.8. The van der Waals surface area contributed by atoms with Gasteiger partial charge in [-0.2, -0.15) is 0 Å². The molecule has 2 nitrogen and oxygen atoms in total. The van der Waals surface area contributed by atoms with Crippen LogP contribution in [0.4, 0.5) is 0 Å². The molecule has 0 fully saturated rings. The summed E-state index contributed by atoms with van der Waals surface area (Å²) in [7, 11) is 0. The number of halogens is 1. The minimum absolute atomic E-state index is 1.04. The van der Waals surface area contributed by atoms with Crippen LogP contribution in [0.25, 0.3) is 49.0 Å². The summed E-state index contributed by atoms with van der Waals surface area (Å²) in [6, 6.07) is 30.0. The predicted octanol–water partition coefficient (Wildman–Crippen LogP) is 7.25. The summed E-state index contributed by atoms with van der Waals surface area (Å²) in [5.41, 5.74) is 3.29. The molecule has 0 spiro atoms. The monoisotopic (exact) mass is 422 g/mol. The third-order valence-corrected chi connectivity index (χ3v) is 6.00. The first-order valence-corrected chi connectivity index (χ1v) is 10.1. The van der Waals surface area contributed by atoms with Gasteiger partial charge in [-0.3, -0.25) is 4.57 Å². The SMILES string of the molecule is Brc1ccc2c(c1)c1ccccc1c1c2ccc2c1ncn2-c1ccccc1. The predicted molar refractivity (Wildman–Crippen MR) is 121 cm³/mol. The van der Waals surface area contributed by atoms with Crippen LogP contribution in [-0.2, 0) is 0 Å². The molecule has 1 heterocycles. The van der Waals surface area contributed by atoms with Gasteiger partial charge < -0.3 is 0 Å². The molecule has 6 rings (SSSR count). The number of aromatic nitrogens is 2. The summed E-state index contributed by atoms with van der Waals surface area (Å²) >= 11 is 3.64. The standard InChI is InChI=1S/C25H15BrN2/c26-16-10-11-19-21-12-13-23-25(27-15-28(23)17-6-2-1-3-7-17)24(21)20-9-5-4-8-18(20)22(19)14-16/h1-15H. The van der Waals surface area contributed by atoms with E-state index in [9.17, 15) is 0 Å². The van der Waals surface area contributed by atoms with E-state index < -0.39 is 0 Å². The topological polar surface area (TPSA) is 17.8 Å². The van der Waals surface area contributed by atoms with Crippen LogP contribution in [0.3, 0.4) is 0 Å². The zero-order valence-corrected chi connectivity index (χ0v) is 16.5. The fourth-order valence-corrected chi connectivity index (χ4v) is 4.65. The van der Waals surface area contributed by atoms with Crippen LogP contribution >= 0.6 is 15.9 Å². The van der Waals surface area contributed by atoms with Crippen LogP contribution in [0.1, 0.15) is 0 Å². The summed E-state index contributed by atoms with van der Waals surface area (Å²) in [5, 5.41) is 7.48. The van der Waals surface area contributed by atoms with Gasteiger partial charge >= 0.3 is 0 Å². The molecule has 0 aliphatic carbocycles. The summed E-state index contributed by atoms with van der Waals surface area (Å²) in [5.74, 6) is 0. The van der Waals surface area contributed by atoms with E-state index in [-0.39, 0.29) is 0 Å². The van der Waals surface area contributed by atoms with Gasteiger partial charge in [0.1, 0.15) is 6.33 Å². The zero-order valence-electron chi connectivity index (χ0n) is 14.9. The van der Waals surface area contributed by atoms with E-state index in [0.717, 1.165) is 21.2 Å². The van der Waals surface area contributed by atoms with Crippen LogP contribution in [0.15, 0.2) is 95.7 Å². The highest BCUT2D eigenvalue weighted by atomic mass is 79.9. The first-order chi connectivity index (χ1) is 13.8. The Morgan fingerprint density at radius 2 is 1.32 bits per heavy atom. The smallest absolute Gasteiger partial charge is 0.100 e. The lowest BCUT2D eigenvalue weighted by atomic mass is 9.93. The fourth-order valence-electron chi connectivity index (χ4n) is 4.28. The van der Waals surface area contributed by atoms with Gasteiger partial charge in [-0.25, -0.2) is 4.98 Å². The number of imidazole rings is 1. The Labute approximate surface area is 170 Å². The maximum Gasteiger partial charge on any atom is 0.100 e. The molecular formula is C25H15BrN2. The van der Waals surface area contributed by atoms with Gasteiger partial charge in [0.2, 0.25) is 0 Å². The maximum atomic E-state index is 4.85. The Morgan fingerprint density at radius 3 is 2.18 bits per heavy atom. The van der Waals surface area contributed by atoms with Gasteiger partial charge in [0.05, 0.1) is 11.0 Å². The minimum Gasteiger partial charge on any atom is -0.299 e. The van der Waals surface area contributed by atoms with Gasteiger partial charge in [-0.15, -0.1) is 0 Å². The van der Waals surface area contributed by atoms with Crippen molar-refractivity contribution >= 4 is 59.3 Å². The summed E-state index contributed by atoms with van der Waals surface area (Å²) in [4.78, 5) is 4.85. The first-order valence-electron chi connectivity index (χ1n) is 9.26. The van der Waals surface area contributed by atoms with Crippen molar-refractivity contribution in [2.75, 3.05) is 0 Å². The minimum atomic E-state index is 1.04. The van der Waals surface area contributed by atoms with Crippen LogP contribution < -0.4 is 0 Å². The Morgan fingerprint density at radius 1 is 0.643 bits per heavy atom. The Bertz CT molecular complexity index is 1490. The van der Waals surface area contributed by atoms with Crippen molar-refractivity contribution in [1.82, 2.24) is 9.55 Å². The lowest BCUT2D eigenvalue weighted by Crippen LogP contribution is -1.91. The molecule has 0 aliphatic heterocycles. The van der Waals surface area contributed by atoms with E-state index in [1.807, 2.05) is 12.4 Å². The van der Waals surface area contributed by atoms with Crippen LogP contribution in [-0.4, -0.2) is 9.55 Å². The van der Waals surface area contributed by atoms with Gasteiger partial charge in [-0.05, 0) is 57.3 Å². The van der Waals surface area contributed by atoms with Crippen molar-refractivity contribution in [3.8, 4) is 5.69 Å². The van der Waals surface area contributed by atoms with Crippen molar-refractivity contribution in [2.24, 2.45) is 0 Å². The van der Waals surface area contributed by atoms with E-state index in [1.165, 1.54) is 32.3 Å². The van der Waals surface area contributed by atoms with Gasteiger partial charge in [0, 0.05) is 15.5 Å². The summed E-state index contributed by atoms with van der Waals surface area (Å²) in [6.45, 7) is 0. The molecule has 0 N–H and O–H groups in total. The Balaban J connectivity index is 1.84. The van der Waals surface area contributed by atoms with E-state index in [0.29, 0.717) is 0 Å². The Kier molecular flexibility index (Phi) is 3.35. The van der Waals surface area contributed by atoms with Crippen molar-refractivity contribution in [2.45, 2.75) is 0 Å². The molecule has 0 saturated carbocycles. The number of rotatable bonds is 1. The van der Waals surface area contributed by atoms with E-state index in [4.69, 9.17) is 4.98 Å². The number of hydrogen-bond donors (Lipinski definition) is 0. The van der Waals surface area contributed by atoms with Crippen molar-refractivity contribution < 1.29 is 0 Å². The molecule has 3 heteroatoms. The normalized spacial score (nSPS) is 11.8. The third-order valence-electron chi connectivity index (χ3n) is 5.51. The van der Waals surface area contributed by atoms with Crippen LogP contribution in [0, 0.1) is 0 Å². The maximum absolute atomic E-state index is 4.85. The quantitative estimate of drug-likeness (QED) is 0.255. The number of fused-ring (bicyclic) bond motifs is 8. The molecule has 0 atom stereocenters. The molecule has 0 unspecified atom stereocenters. The molecule has 0 saturated heterocycles. The highest BCUT2D eigenvalue weighted by Crippen LogP contribution is 2.39. The third kappa shape index (κ3) is 2.17. The van der Waals surface area contributed by atoms with Gasteiger partial charge in [-0.1, -0.05) is 70.5 Å². The van der Waals surface area contributed by atoms with Crippen molar-refractivity contribution in [1.29, 1.82) is 0 Å². The highest BCUT2D eigenvalue weighted by Gasteiger charge is 2.14. The fraction of sp³-hybridized carbons (Fsp3) is 0. The largest absolute Gasteiger partial charge is 0.299 e. The number of benzene rings is 5. The molecule has 0 bridgehead atoms. The molecule has 132 valence electrons. The molecule has 6 aromatic rings. The molecular weight excluding hydrogens is 408 g/mol. The van der Waals surface area contributed by atoms with Gasteiger partial charge in [0.15, 0.2) is 0 Å². The summed E-state index contributed by atoms with van der Waals surface area (Å²) < 4.78 is 3.26. The molecule has 5 aromatic carbocycles. The molecule has 28 heavy (non-hydrogen) atoms. The number of para-hydroxylation sites is 1. The number of hydrogen-bond acceptors (Lipinski definition) is 1. The van der Waals surface area contributed by atoms with Crippen LogP contribution in [0.2, 0.25) is 0 Å². The van der Waals surface area contributed by atoms with Gasteiger partial charge in [0.25, 0.3) is 0 Å². The van der Waals surface area contributed by atoms with Crippen molar-refractivity contribution in [3.05, 3.63) is 95.7 Å². The van der Waals surface area contributed by atoms with E-state index in [2.05, 4.69) is 99.4 Å². The van der Waals surface area contributed by atoms with E-state index in [1.54, 1.807) is 0 Å². The zero-order chi connectivity index (χ0) is 18.7. The number of nitrogens with zero attached hydrogens (tertiary/aromatic N) is 2. The second kappa shape index (κ2) is 5.91. The molecule has 0 radical (unpaired) electrons. The summed E-state index contributed by atoms with van der Waals surface area (Å²) in [6.07, 6.45) is 1.93. The lowest BCUT2D eigenvalue weighted by Gasteiger charge is -2.12. The van der Waals surface area contributed by atoms with Crippen molar-refractivity contribution in [3.63, 3.8) is 0 Å². The van der Waals surface area contributed by atoms with Crippen LogP contribution in [0.5, 0.6) is 0 Å². The second-order valence-corrected chi connectivity index (χ2v) is 7.96. The molecule has 0 aliphatic rings. The van der Waals surface area contributed by atoms with E-state index >= 15 is 0 Å². The molecule has 1 aromatic heterocycles. The average molecular weight is 423 g/mol. The lowest BCUT2D eigenvalue weighted by molar-refractivity contribution is 1.09. The molecule has 0 amide bonds. The highest BCUT2D eigenvalue weighted by molar-refractivity contribution is 9.10.